The van der Waals surface area contributed by atoms with Crippen molar-refractivity contribution in [3.63, 3.8) is 0 Å². The maximum atomic E-state index is 11.5. The predicted molar refractivity (Wildman–Crippen MR) is 55.6 cm³/mol. The fourth-order valence-corrected chi connectivity index (χ4v) is 1.30. The number of hydrogen-bond donors (Lipinski definition) is 1. The highest BCUT2D eigenvalue weighted by Gasteiger charge is 2.24. The van der Waals surface area contributed by atoms with E-state index >= 15 is 0 Å². The van der Waals surface area contributed by atoms with Crippen LogP contribution in [0.1, 0.15) is 13.8 Å². The molecular formula is C10H11N3O3. The second-order valence-corrected chi connectivity index (χ2v) is 3.14. The Balaban J connectivity index is 2.27. The van der Waals surface area contributed by atoms with Crippen molar-refractivity contribution in [2.45, 2.75) is 13.8 Å². The van der Waals surface area contributed by atoms with E-state index in [1.54, 1.807) is 13.8 Å². The Morgan fingerprint density at radius 1 is 1.62 bits per heavy atom. The topological polar surface area (TPSA) is 73.3 Å². The van der Waals surface area contributed by atoms with Gasteiger partial charge < -0.3 is 14.8 Å². The van der Waals surface area contributed by atoms with E-state index in [2.05, 4.69) is 15.3 Å². The average molecular weight is 221 g/mol. The molecule has 1 aromatic rings. The number of nitrogens with one attached hydrogen (secondary N) is 1. The van der Waals surface area contributed by atoms with Crippen molar-refractivity contribution in [3.05, 3.63) is 24.0 Å². The van der Waals surface area contributed by atoms with Crippen molar-refractivity contribution in [2.24, 2.45) is 0 Å². The molecule has 0 radical (unpaired) electrons. The molecule has 0 aliphatic carbocycles. The van der Waals surface area contributed by atoms with Crippen molar-refractivity contribution >= 4 is 11.8 Å². The van der Waals surface area contributed by atoms with E-state index in [1.807, 2.05) is 0 Å². The molecule has 84 valence electrons. The van der Waals surface area contributed by atoms with Gasteiger partial charge in [0.15, 0.2) is 11.6 Å². The highest BCUT2D eigenvalue weighted by atomic mass is 16.6. The summed E-state index contributed by atoms with van der Waals surface area (Å²) in [5, 5.41) is 2.95. The zero-order valence-electron chi connectivity index (χ0n) is 8.98. The lowest BCUT2D eigenvalue weighted by molar-refractivity contribution is -0.141. The minimum absolute atomic E-state index is 0.143. The van der Waals surface area contributed by atoms with E-state index in [4.69, 9.17) is 9.47 Å². The Hall–Kier alpha value is -2.11. The monoisotopic (exact) mass is 221 g/mol. The van der Waals surface area contributed by atoms with Crippen molar-refractivity contribution in [1.82, 2.24) is 9.97 Å². The quantitative estimate of drug-likeness (QED) is 0.753. The summed E-state index contributed by atoms with van der Waals surface area (Å²) in [6.07, 6.45) is 2.89. The molecule has 0 amide bonds. The highest BCUT2D eigenvalue weighted by Crippen LogP contribution is 2.29. The van der Waals surface area contributed by atoms with Gasteiger partial charge in [0.25, 0.3) is 0 Å². The van der Waals surface area contributed by atoms with Crippen LogP contribution >= 0.6 is 0 Å². The van der Waals surface area contributed by atoms with Gasteiger partial charge in [-0.3, -0.25) is 0 Å². The number of esters is 1. The summed E-state index contributed by atoms with van der Waals surface area (Å²) in [6.45, 7) is 3.76. The zero-order chi connectivity index (χ0) is 11.5. The maximum absolute atomic E-state index is 11.5. The molecule has 0 spiro atoms. The summed E-state index contributed by atoms with van der Waals surface area (Å²) >= 11 is 0. The molecule has 6 nitrogen and oxygen atoms in total. The summed E-state index contributed by atoms with van der Waals surface area (Å²) in [5.41, 5.74) is 0.574. The Morgan fingerprint density at radius 2 is 2.44 bits per heavy atom. The van der Waals surface area contributed by atoms with Crippen LogP contribution in [0, 0.1) is 0 Å². The molecule has 0 saturated heterocycles. The number of carbonyl (C=O) groups excluding carboxylic acids is 1. The molecule has 0 atom stereocenters. The smallest absolute Gasteiger partial charge is 0.376 e. The van der Waals surface area contributed by atoms with Gasteiger partial charge in [0.05, 0.1) is 18.5 Å². The summed E-state index contributed by atoms with van der Waals surface area (Å²) in [6, 6.07) is 0. The number of hydrogen-bond acceptors (Lipinski definition) is 6. The van der Waals surface area contributed by atoms with E-state index in [1.165, 1.54) is 12.5 Å². The number of carbonyl (C=O) groups is 1. The molecule has 0 fully saturated rings. The van der Waals surface area contributed by atoms with Gasteiger partial charge in [-0.15, -0.1) is 0 Å². The average Bonchev–Trinajstić information content (AvgIpc) is 2.28. The molecule has 2 rings (SSSR count). The normalized spacial score (nSPS) is 13.6. The van der Waals surface area contributed by atoms with Gasteiger partial charge in [0, 0.05) is 0 Å². The van der Waals surface area contributed by atoms with Crippen LogP contribution in [-0.4, -0.2) is 22.5 Å². The van der Waals surface area contributed by atoms with Crippen LogP contribution < -0.4 is 10.1 Å². The van der Waals surface area contributed by atoms with Gasteiger partial charge in [0.1, 0.15) is 6.33 Å². The van der Waals surface area contributed by atoms with Gasteiger partial charge in [-0.1, -0.05) is 0 Å². The van der Waals surface area contributed by atoms with Crippen molar-refractivity contribution in [2.75, 3.05) is 11.9 Å². The van der Waals surface area contributed by atoms with Crippen LogP contribution in [0.2, 0.25) is 0 Å². The zero-order valence-corrected chi connectivity index (χ0v) is 8.98. The lowest BCUT2D eigenvalue weighted by Gasteiger charge is -2.20. The standard InChI is InChI=1S/C10H11N3O3/c1-3-15-10(14)8-6(2)13-9-7(16-8)4-11-5-12-9/h4-5H,3H2,1-2H3,(H,11,12,13). The number of rotatable bonds is 2. The molecule has 16 heavy (non-hydrogen) atoms. The molecule has 0 aromatic carbocycles. The molecule has 1 aliphatic rings. The van der Waals surface area contributed by atoms with Gasteiger partial charge in [-0.05, 0) is 13.8 Å². The number of aromatic nitrogens is 2. The fraction of sp³-hybridized carbons (Fsp3) is 0.300. The Kier molecular flexibility index (Phi) is 2.72. The van der Waals surface area contributed by atoms with Gasteiger partial charge in [-0.25, -0.2) is 14.8 Å². The minimum atomic E-state index is -0.498. The molecule has 0 saturated carbocycles. The molecular weight excluding hydrogens is 210 g/mol. The van der Waals surface area contributed by atoms with Crippen LogP contribution in [0.3, 0.4) is 0 Å². The summed E-state index contributed by atoms with van der Waals surface area (Å²) < 4.78 is 10.2. The second kappa shape index (κ2) is 4.18. The number of ether oxygens (including phenoxy) is 2. The molecule has 0 unspecified atom stereocenters. The summed E-state index contributed by atoms with van der Waals surface area (Å²) in [7, 11) is 0. The highest BCUT2D eigenvalue weighted by molar-refractivity contribution is 5.89. The number of anilines is 1. The van der Waals surface area contributed by atoms with E-state index in [0.717, 1.165) is 0 Å². The molecule has 2 heterocycles. The van der Waals surface area contributed by atoms with Gasteiger partial charge >= 0.3 is 5.97 Å². The Labute approximate surface area is 92.3 Å². The predicted octanol–water partition coefficient (Wildman–Crippen LogP) is 1.08. The maximum Gasteiger partial charge on any atom is 0.376 e. The third kappa shape index (κ3) is 1.81. The molecule has 6 heteroatoms. The van der Waals surface area contributed by atoms with Crippen LogP contribution in [0.25, 0.3) is 0 Å². The number of fused-ring (bicyclic) bond motifs is 1. The third-order valence-corrected chi connectivity index (χ3v) is 2.00. The first kappa shape index (κ1) is 10.4. The first-order valence-corrected chi connectivity index (χ1v) is 4.85. The SMILES string of the molecule is CCOC(=O)C1=C(C)Nc2ncncc2O1. The van der Waals surface area contributed by atoms with Gasteiger partial charge in [-0.2, -0.15) is 0 Å². The largest absolute Gasteiger partial charge is 0.460 e. The van der Waals surface area contributed by atoms with E-state index in [0.29, 0.717) is 23.9 Å². The minimum Gasteiger partial charge on any atom is -0.460 e. The second-order valence-electron chi connectivity index (χ2n) is 3.14. The van der Waals surface area contributed by atoms with Crippen LogP contribution in [-0.2, 0) is 9.53 Å². The number of allylic oxidation sites excluding steroid dienone is 1. The third-order valence-electron chi connectivity index (χ3n) is 2.00. The molecule has 0 bridgehead atoms. The number of nitrogens with zero attached hydrogens (tertiary/aromatic N) is 2. The van der Waals surface area contributed by atoms with Crippen molar-refractivity contribution < 1.29 is 14.3 Å². The lowest BCUT2D eigenvalue weighted by Crippen LogP contribution is -2.21. The first-order valence-electron chi connectivity index (χ1n) is 4.85. The summed E-state index contributed by atoms with van der Waals surface area (Å²) in [4.78, 5) is 19.3. The van der Waals surface area contributed by atoms with Crippen LogP contribution in [0.15, 0.2) is 24.0 Å². The van der Waals surface area contributed by atoms with Gasteiger partial charge in [0.2, 0.25) is 5.76 Å². The molecule has 1 N–H and O–H groups in total. The molecule has 1 aromatic heterocycles. The van der Waals surface area contributed by atoms with Crippen LogP contribution in [0.4, 0.5) is 5.82 Å². The van der Waals surface area contributed by atoms with E-state index < -0.39 is 5.97 Å². The first-order chi connectivity index (χ1) is 7.72. The Morgan fingerprint density at radius 3 is 3.19 bits per heavy atom. The van der Waals surface area contributed by atoms with E-state index in [9.17, 15) is 4.79 Å². The Bertz CT molecular complexity index is 456. The van der Waals surface area contributed by atoms with E-state index in [-0.39, 0.29) is 5.76 Å². The van der Waals surface area contributed by atoms with Crippen LogP contribution in [0.5, 0.6) is 5.75 Å². The molecule has 1 aliphatic heterocycles. The fourth-order valence-electron chi connectivity index (χ4n) is 1.30. The lowest BCUT2D eigenvalue weighted by atomic mass is 10.3. The van der Waals surface area contributed by atoms with Crippen molar-refractivity contribution in [3.8, 4) is 5.75 Å². The summed E-state index contributed by atoms with van der Waals surface area (Å²) in [5.74, 6) is 0.600. The van der Waals surface area contributed by atoms with Crippen molar-refractivity contribution in [1.29, 1.82) is 0 Å².